The highest BCUT2D eigenvalue weighted by Gasteiger charge is 2.42. The maximum Gasteiger partial charge on any atom is 0.265 e. The predicted octanol–water partition coefficient (Wildman–Crippen LogP) is 5.20. The summed E-state index contributed by atoms with van der Waals surface area (Å²) in [5.41, 5.74) is 1.11. The molecule has 0 radical (unpaired) electrons. The first-order valence-corrected chi connectivity index (χ1v) is 9.43. The fourth-order valence-corrected chi connectivity index (χ4v) is 3.00. The first-order valence-electron chi connectivity index (χ1n) is 8.29. The zero-order valence-corrected chi connectivity index (χ0v) is 16.8. The van der Waals surface area contributed by atoms with Gasteiger partial charge in [0.25, 0.3) is 3.79 Å². The second-order valence-electron chi connectivity index (χ2n) is 6.57. The van der Waals surface area contributed by atoms with Crippen molar-refractivity contribution >= 4 is 40.7 Å². The lowest BCUT2D eigenvalue weighted by Crippen LogP contribution is -2.49. The van der Waals surface area contributed by atoms with Crippen LogP contribution < -0.4 is 0 Å². The Hall–Kier alpha value is -0.520. The van der Waals surface area contributed by atoms with Crippen LogP contribution in [-0.2, 0) is 20.8 Å². The molecule has 5 atom stereocenters. The van der Waals surface area contributed by atoms with Gasteiger partial charge in [0.15, 0.2) is 0 Å². The van der Waals surface area contributed by atoms with E-state index in [1.165, 1.54) is 0 Å². The van der Waals surface area contributed by atoms with E-state index in [0.29, 0.717) is 19.1 Å². The molecule has 0 spiro atoms. The average molecular weight is 409 g/mol. The van der Waals surface area contributed by atoms with E-state index in [2.05, 4.69) is 13.8 Å². The van der Waals surface area contributed by atoms with E-state index in [-0.39, 0.29) is 17.9 Å². The minimum Gasteiger partial charge on any atom is -0.448 e. The molecular formula is C18H24Cl3NO3. The number of halogens is 3. The van der Waals surface area contributed by atoms with Crippen LogP contribution in [0.5, 0.6) is 0 Å². The number of nitrogens with one attached hydrogen (secondary N) is 1. The van der Waals surface area contributed by atoms with Crippen molar-refractivity contribution in [3.8, 4) is 0 Å². The monoisotopic (exact) mass is 407 g/mol. The van der Waals surface area contributed by atoms with Gasteiger partial charge in [-0.3, -0.25) is 5.41 Å². The van der Waals surface area contributed by atoms with Crippen LogP contribution in [0.2, 0.25) is 0 Å². The predicted molar refractivity (Wildman–Crippen MR) is 101 cm³/mol. The Labute approximate surface area is 164 Å². The molecule has 1 aromatic carbocycles. The van der Waals surface area contributed by atoms with Crippen molar-refractivity contribution in [1.82, 2.24) is 0 Å². The quantitative estimate of drug-likeness (QED) is 0.414. The molecule has 1 aromatic rings. The fraction of sp³-hybridized carbons (Fsp3) is 0.611. The molecule has 1 heterocycles. The van der Waals surface area contributed by atoms with Gasteiger partial charge < -0.3 is 14.2 Å². The fourth-order valence-electron chi connectivity index (χ4n) is 2.86. The highest BCUT2D eigenvalue weighted by Crippen LogP contribution is 2.37. The van der Waals surface area contributed by atoms with Gasteiger partial charge in [0.1, 0.15) is 0 Å². The van der Waals surface area contributed by atoms with Crippen LogP contribution in [0.1, 0.15) is 26.3 Å². The van der Waals surface area contributed by atoms with Gasteiger partial charge in [-0.2, -0.15) is 0 Å². The number of rotatable bonds is 5. The molecule has 1 saturated heterocycles. The first kappa shape index (κ1) is 20.8. The largest absolute Gasteiger partial charge is 0.448 e. The van der Waals surface area contributed by atoms with Crippen LogP contribution in [0.25, 0.3) is 0 Å². The molecule has 2 rings (SSSR count). The Kier molecular flexibility index (Phi) is 7.41. The van der Waals surface area contributed by atoms with Gasteiger partial charge in [-0.25, -0.2) is 0 Å². The van der Waals surface area contributed by atoms with Gasteiger partial charge >= 0.3 is 0 Å². The molecular weight excluding hydrogens is 385 g/mol. The molecule has 0 amide bonds. The standard InChI is InChI=1S/C18H24Cl3NO3/c1-11-12(2)15(10-23-9-14-7-5-4-6-8-14)24-16(13(11)3)25-17(22)18(19,20)21/h4-8,11-13,15-16,22H,9-10H2,1-3H3/t11-,12-,13?,15?,16-/m0/s1. The van der Waals surface area contributed by atoms with Crippen LogP contribution >= 0.6 is 34.8 Å². The third-order valence-corrected chi connectivity index (χ3v) is 5.38. The second-order valence-corrected chi connectivity index (χ2v) is 8.85. The molecule has 0 saturated carbocycles. The smallest absolute Gasteiger partial charge is 0.265 e. The Morgan fingerprint density at radius 1 is 1.08 bits per heavy atom. The highest BCUT2D eigenvalue weighted by molar-refractivity contribution is 6.76. The molecule has 1 fully saturated rings. The summed E-state index contributed by atoms with van der Waals surface area (Å²) >= 11 is 17.1. The molecule has 0 aliphatic carbocycles. The summed E-state index contributed by atoms with van der Waals surface area (Å²) in [6.45, 7) is 7.24. The van der Waals surface area contributed by atoms with Gasteiger partial charge in [0, 0.05) is 5.92 Å². The molecule has 0 bridgehead atoms. The lowest BCUT2D eigenvalue weighted by atomic mass is 9.79. The molecule has 1 aliphatic rings. The molecule has 1 aliphatic heterocycles. The van der Waals surface area contributed by atoms with Crippen LogP contribution in [0.4, 0.5) is 0 Å². The maximum absolute atomic E-state index is 7.77. The van der Waals surface area contributed by atoms with E-state index in [1.54, 1.807) is 0 Å². The lowest BCUT2D eigenvalue weighted by molar-refractivity contribution is -0.230. The van der Waals surface area contributed by atoms with Crippen molar-refractivity contribution in [3.63, 3.8) is 0 Å². The number of benzene rings is 1. The minimum absolute atomic E-state index is 0.0630. The molecule has 1 N–H and O–H groups in total. The van der Waals surface area contributed by atoms with Crippen molar-refractivity contribution in [3.05, 3.63) is 35.9 Å². The van der Waals surface area contributed by atoms with Crippen molar-refractivity contribution in [2.75, 3.05) is 6.61 Å². The van der Waals surface area contributed by atoms with Crippen molar-refractivity contribution in [2.24, 2.45) is 17.8 Å². The van der Waals surface area contributed by atoms with E-state index in [1.807, 2.05) is 37.3 Å². The summed E-state index contributed by atoms with van der Waals surface area (Å²) in [7, 11) is 0. The van der Waals surface area contributed by atoms with Crippen molar-refractivity contribution < 1.29 is 14.2 Å². The SMILES string of the molecule is CC1[C@H](OC(=N)C(Cl)(Cl)Cl)OC(COCc2ccccc2)[C@@H](C)[C@@H]1C. The molecule has 7 heteroatoms. The van der Waals surface area contributed by atoms with E-state index in [0.717, 1.165) is 5.56 Å². The first-order chi connectivity index (χ1) is 11.7. The van der Waals surface area contributed by atoms with E-state index in [9.17, 15) is 0 Å². The number of alkyl halides is 3. The van der Waals surface area contributed by atoms with Gasteiger partial charge in [-0.1, -0.05) is 85.9 Å². The summed E-state index contributed by atoms with van der Waals surface area (Å²) in [4.78, 5) is 0. The van der Waals surface area contributed by atoms with Crippen molar-refractivity contribution in [1.29, 1.82) is 5.41 Å². The van der Waals surface area contributed by atoms with Gasteiger partial charge in [-0.15, -0.1) is 0 Å². The van der Waals surface area contributed by atoms with Crippen LogP contribution in [0, 0.1) is 23.2 Å². The average Bonchev–Trinajstić information content (AvgIpc) is 2.56. The lowest BCUT2D eigenvalue weighted by Gasteiger charge is -2.43. The number of hydrogen-bond donors (Lipinski definition) is 1. The van der Waals surface area contributed by atoms with Crippen LogP contribution in [-0.4, -0.2) is 28.7 Å². The summed E-state index contributed by atoms with van der Waals surface area (Å²) in [5, 5.41) is 7.77. The summed E-state index contributed by atoms with van der Waals surface area (Å²) in [6.07, 6.45) is -0.789. The third kappa shape index (κ3) is 5.73. The van der Waals surface area contributed by atoms with Gasteiger partial charge in [-0.05, 0) is 17.4 Å². The van der Waals surface area contributed by atoms with Crippen LogP contribution in [0.15, 0.2) is 30.3 Å². The second kappa shape index (κ2) is 8.92. The van der Waals surface area contributed by atoms with E-state index < -0.39 is 16.0 Å². The molecule has 2 unspecified atom stereocenters. The molecule has 0 aromatic heterocycles. The Balaban J connectivity index is 1.94. The third-order valence-electron chi connectivity index (χ3n) is 4.87. The number of hydrogen-bond acceptors (Lipinski definition) is 4. The highest BCUT2D eigenvalue weighted by atomic mass is 35.6. The Bertz CT molecular complexity index is 564. The Morgan fingerprint density at radius 2 is 1.72 bits per heavy atom. The molecule has 25 heavy (non-hydrogen) atoms. The minimum atomic E-state index is -1.89. The summed E-state index contributed by atoms with van der Waals surface area (Å²) in [5.74, 6) is 0.230. The van der Waals surface area contributed by atoms with Gasteiger partial charge in [0.2, 0.25) is 12.2 Å². The molecule has 4 nitrogen and oxygen atoms in total. The van der Waals surface area contributed by atoms with E-state index >= 15 is 0 Å². The zero-order valence-electron chi connectivity index (χ0n) is 14.5. The van der Waals surface area contributed by atoms with Crippen molar-refractivity contribution in [2.45, 2.75) is 43.6 Å². The topological polar surface area (TPSA) is 51.5 Å². The zero-order chi connectivity index (χ0) is 18.6. The normalized spacial score (nSPS) is 30.1. The van der Waals surface area contributed by atoms with E-state index in [4.69, 9.17) is 54.4 Å². The maximum atomic E-state index is 7.77. The molecule has 140 valence electrons. The van der Waals surface area contributed by atoms with Gasteiger partial charge in [0.05, 0.1) is 19.3 Å². The summed E-state index contributed by atoms with van der Waals surface area (Å²) in [6, 6.07) is 9.97. The Morgan fingerprint density at radius 3 is 2.32 bits per heavy atom. The summed E-state index contributed by atoms with van der Waals surface area (Å²) < 4.78 is 15.4. The number of ether oxygens (including phenoxy) is 3. The van der Waals surface area contributed by atoms with Crippen LogP contribution in [0.3, 0.4) is 0 Å².